The Hall–Kier alpha value is -2.87. The normalized spacial score (nSPS) is 20.4. The second kappa shape index (κ2) is 5.64. The molecule has 2 heteroatoms. The van der Waals surface area contributed by atoms with Crippen LogP contribution in [0.5, 0.6) is 0 Å². The average molecular weight is 314 g/mol. The summed E-state index contributed by atoms with van der Waals surface area (Å²) < 4.78 is 5.73. The van der Waals surface area contributed by atoms with Gasteiger partial charge < -0.3 is 4.74 Å². The van der Waals surface area contributed by atoms with Crippen molar-refractivity contribution in [2.24, 2.45) is 0 Å². The lowest BCUT2D eigenvalue weighted by atomic mass is 9.84. The summed E-state index contributed by atoms with van der Waals surface area (Å²) in [6.07, 6.45) is -0.334. The monoisotopic (exact) mass is 314 g/mol. The average Bonchev–Trinajstić information content (AvgIpc) is 2.90. The van der Waals surface area contributed by atoms with Gasteiger partial charge in [-0.05, 0) is 23.3 Å². The zero-order chi connectivity index (χ0) is 16.7. The maximum absolute atomic E-state index is 12.2. The standard InChI is InChI=1S/C22H18O2/c1-14-10-12-17(13-11-14)20-15(2)22(23)24-21(20)19-9-5-7-16-6-3-4-8-18(16)19/h3-13,20-21H,2H2,1H3. The molecular weight excluding hydrogens is 296 g/mol. The lowest BCUT2D eigenvalue weighted by Crippen LogP contribution is -2.07. The first kappa shape index (κ1) is 14.7. The molecule has 0 saturated carbocycles. The smallest absolute Gasteiger partial charge is 0.334 e. The summed E-state index contributed by atoms with van der Waals surface area (Å²) in [5, 5.41) is 2.26. The summed E-state index contributed by atoms with van der Waals surface area (Å²) in [5.41, 5.74) is 3.81. The summed E-state index contributed by atoms with van der Waals surface area (Å²) in [5.74, 6) is -0.456. The summed E-state index contributed by atoms with van der Waals surface area (Å²) in [7, 11) is 0. The van der Waals surface area contributed by atoms with Gasteiger partial charge >= 0.3 is 5.97 Å². The number of ether oxygens (including phenoxy) is 1. The molecule has 1 saturated heterocycles. The van der Waals surface area contributed by atoms with Crippen molar-refractivity contribution >= 4 is 16.7 Å². The molecular formula is C22H18O2. The number of hydrogen-bond acceptors (Lipinski definition) is 2. The van der Waals surface area contributed by atoms with Crippen molar-refractivity contribution in [2.45, 2.75) is 18.9 Å². The zero-order valence-electron chi connectivity index (χ0n) is 13.5. The van der Waals surface area contributed by atoms with E-state index in [4.69, 9.17) is 4.74 Å². The van der Waals surface area contributed by atoms with Crippen molar-refractivity contribution in [2.75, 3.05) is 0 Å². The van der Waals surface area contributed by atoms with Crippen LogP contribution in [0.3, 0.4) is 0 Å². The molecule has 0 spiro atoms. The fraction of sp³-hybridized carbons (Fsp3) is 0.136. The SMILES string of the molecule is C=C1C(=O)OC(c2cccc3ccccc23)C1c1ccc(C)cc1. The van der Waals surface area contributed by atoms with Gasteiger partial charge in [-0.15, -0.1) is 0 Å². The fourth-order valence-corrected chi connectivity index (χ4v) is 3.46. The number of esters is 1. The van der Waals surface area contributed by atoms with Crippen LogP contribution < -0.4 is 0 Å². The minimum Gasteiger partial charge on any atom is -0.453 e. The molecule has 1 fully saturated rings. The summed E-state index contributed by atoms with van der Waals surface area (Å²) in [6.45, 7) is 6.05. The van der Waals surface area contributed by atoms with Gasteiger partial charge in [-0.1, -0.05) is 78.9 Å². The van der Waals surface area contributed by atoms with Gasteiger partial charge in [0.2, 0.25) is 0 Å². The number of carbonyl (C=O) groups excluding carboxylic acids is 1. The van der Waals surface area contributed by atoms with Crippen LogP contribution in [0.1, 0.15) is 28.7 Å². The van der Waals surface area contributed by atoms with Crippen LogP contribution in [-0.2, 0) is 9.53 Å². The van der Waals surface area contributed by atoms with E-state index in [9.17, 15) is 4.79 Å². The van der Waals surface area contributed by atoms with Crippen molar-refractivity contribution in [3.05, 3.63) is 95.6 Å². The Balaban J connectivity index is 1.87. The highest BCUT2D eigenvalue weighted by Gasteiger charge is 2.41. The van der Waals surface area contributed by atoms with Gasteiger partial charge in [0.15, 0.2) is 0 Å². The first-order valence-electron chi connectivity index (χ1n) is 8.09. The van der Waals surface area contributed by atoms with Crippen LogP contribution in [-0.4, -0.2) is 5.97 Å². The summed E-state index contributed by atoms with van der Waals surface area (Å²) in [4.78, 5) is 12.2. The molecule has 24 heavy (non-hydrogen) atoms. The van der Waals surface area contributed by atoms with E-state index in [0.29, 0.717) is 5.57 Å². The molecule has 2 nitrogen and oxygen atoms in total. The van der Waals surface area contributed by atoms with Crippen LogP contribution in [0.4, 0.5) is 0 Å². The lowest BCUT2D eigenvalue weighted by molar-refractivity contribution is -0.139. The number of cyclic esters (lactones) is 1. The third kappa shape index (κ3) is 2.31. The Morgan fingerprint density at radius 2 is 1.62 bits per heavy atom. The highest BCUT2D eigenvalue weighted by Crippen LogP contribution is 2.46. The van der Waals surface area contributed by atoms with Gasteiger partial charge in [0.25, 0.3) is 0 Å². The Morgan fingerprint density at radius 3 is 2.42 bits per heavy atom. The van der Waals surface area contributed by atoms with E-state index in [1.165, 1.54) is 5.56 Å². The van der Waals surface area contributed by atoms with E-state index in [0.717, 1.165) is 21.9 Å². The first-order chi connectivity index (χ1) is 11.6. The molecule has 0 bridgehead atoms. The fourth-order valence-electron chi connectivity index (χ4n) is 3.46. The van der Waals surface area contributed by atoms with Crippen LogP contribution in [0, 0.1) is 6.92 Å². The molecule has 4 rings (SSSR count). The van der Waals surface area contributed by atoms with Crippen molar-refractivity contribution in [3.8, 4) is 0 Å². The van der Waals surface area contributed by atoms with E-state index in [2.05, 4.69) is 56.0 Å². The van der Waals surface area contributed by atoms with E-state index < -0.39 is 0 Å². The second-order valence-electron chi connectivity index (χ2n) is 6.31. The van der Waals surface area contributed by atoms with Gasteiger partial charge in [0.1, 0.15) is 6.10 Å². The molecule has 118 valence electrons. The van der Waals surface area contributed by atoms with Gasteiger partial charge in [-0.2, -0.15) is 0 Å². The molecule has 1 aliphatic rings. The number of fused-ring (bicyclic) bond motifs is 1. The molecule has 0 aliphatic carbocycles. The lowest BCUT2D eigenvalue weighted by Gasteiger charge is -2.20. The van der Waals surface area contributed by atoms with Gasteiger partial charge in [0.05, 0.1) is 5.92 Å². The highest BCUT2D eigenvalue weighted by molar-refractivity contribution is 5.94. The Kier molecular flexibility index (Phi) is 3.46. The van der Waals surface area contributed by atoms with Crippen molar-refractivity contribution in [1.82, 2.24) is 0 Å². The summed E-state index contributed by atoms with van der Waals surface area (Å²) in [6, 6.07) is 22.6. The number of benzene rings is 3. The topological polar surface area (TPSA) is 26.3 Å². The number of aryl methyl sites for hydroxylation is 1. The Bertz CT molecular complexity index is 932. The molecule has 0 aromatic heterocycles. The molecule has 0 amide bonds. The number of carbonyl (C=O) groups is 1. The van der Waals surface area contributed by atoms with E-state index >= 15 is 0 Å². The van der Waals surface area contributed by atoms with Crippen LogP contribution in [0.25, 0.3) is 10.8 Å². The zero-order valence-corrected chi connectivity index (χ0v) is 13.5. The van der Waals surface area contributed by atoms with Crippen molar-refractivity contribution < 1.29 is 9.53 Å². The quantitative estimate of drug-likeness (QED) is 0.487. The predicted octanol–water partition coefficient (Wildman–Crippen LogP) is 5.09. The van der Waals surface area contributed by atoms with Crippen LogP contribution in [0.2, 0.25) is 0 Å². The molecule has 2 atom stereocenters. The maximum atomic E-state index is 12.2. The predicted molar refractivity (Wildman–Crippen MR) is 95.8 cm³/mol. The minimum atomic E-state index is -0.334. The number of hydrogen-bond donors (Lipinski definition) is 0. The number of rotatable bonds is 2. The first-order valence-corrected chi connectivity index (χ1v) is 8.09. The van der Waals surface area contributed by atoms with Gasteiger partial charge in [0, 0.05) is 11.1 Å². The van der Waals surface area contributed by atoms with E-state index in [-0.39, 0.29) is 18.0 Å². The van der Waals surface area contributed by atoms with Crippen molar-refractivity contribution in [1.29, 1.82) is 0 Å². The highest BCUT2D eigenvalue weighted by atomic mass is 16.6. The Labute approximate surface area is 141 Å². The second-order valence-corrected chi connectivity index (χ2v) is 6.31. The maximum Gasteiger partial charge on any atom is 0.334 e. The van der Waals surface area contributed by atoms with Crippen LogP contribution in [0.15, 0.2) is 78.9 Å². The summed E-state index contributed by atoms with van der Waals surface area (Å²) >= 11 is 0. The Morgan fingerprint density at radius 1 is 0.917 bits per heavy atom. The molecule has 3 aromatic rings. The molecule has 1 aliphatic heterocycles. The molecule has 1 heterocycles. The van der Waals surface area contributed by atoms with Crippen LogP contribution >= 0.6 is 0 Å². The van der Waals surface area contributed by atoms with Crippen molar-refractivity contribution in [3.63, 3.8) is 0 Å². The van der Waals surface area contributed by atoms with E-state index in [1.54, 1.807) is 0 Å². The third-order valence-corrected chi connectivity index (χ3v) is 4.74. The molecule has 0 N–H and O–H groups in total. The molecule has 3 aromatic carbocycles. The van der Waals surface area contributed by atoms with E-state index in [1.807, 2.05) is 24.3 Å². The minimum absolute atomic E-state index is 0.149. The largest absolute Gasteiger partial charge is 0.453 e. The third-order valence-electron chi connectivity index (χ3n) is 4.74. The van der Waals surface area contributed by atoms with Gasteiger partial charge in [-0.3, -0.25) is 0 Å². The molecule has 0 radical (unpaired) electrons. The van der Waals surface area contributed by atoms with Gasteiger partial charge in [-0.25, -0.2) is 4.79 Å². The molecule has 2 unspecified atom stereocenters.